The number of rotatable bonds is 7. The molecule has 7 nitrogen and oxygen atoms in total. The average Bonchev–Trinajstić information content (AvgIpc) is 3.24. The van der Waals surface area contributed by atoms with Crippen molar-refractivity contribution in [3.8, 4) is 0 Å². The Morgan fingerprint density at radius 2 is 2.04 bits per heavy atom. The molecule has 0 saturated carbocycles. The van der Waals surface area contributed by atoms with Crippen molar-refractivity contribution >= 4 is 17.2 Å². The highest BCUT2D eigenvalue weighted by Crippen LogP contribution is 2.19. The first kappa shape index (κ1) is 17.2. The molecule has 0 atom stereocenters. The molecule has 3 aromatic rings. The lowest BCUT2D eigenvalue weighted by atomic mass is 10.2. The predicted octanol–water partition coefficient (Wildman–Crippen LogP) is 1.84. The van der Waals surface area contributed by atoms with Gasteiger partial charge in [-0.1, -0.05) is 5.21 Å². The highest BCUT2D eigenvalue weighted by Gasteiger charge is 2.20. The maximum Gasteiger partial charge on any atom is 0.276 e. The van der Waals surface area contributed by atoms with Crippen molar-refractivity contribution in [2.75, 3.05) is 6.54 Å². The Bertz CT molecular complexity index is 829. The topological polar surface area (TPSA) is 89.9 Å². The number of amides is 1. The van der Waals surface area contributed by atoms with E-state index in [9.17, 15) is 4.79 Å². The quantitative estimate of drug-likeness (QED) is 0.698. The van der Waals surface area contributed by atoms with Crippen LogP contribution in [-0.2, 0) is 19.6 Å². The number of hydrogen-bond acceptors (Lipinski definition) is 6. The van der Waals surface area contributed by atoms with Crippen molar-refractivity contribution in [2.24, 2.45) is 5.73 Å². The fourth-order valence-corrected chi connectivity index (χ4v) is 3.37. The van der Waals surface area contributed by atoms with Crippen LogP contribution in [0.15, 0.2) is 42.9 Å². The van der Waals surface area contributed by atoms with Gasteiger partial charge in [0.1, 0.15) is 0 Å². The fraction of sp³-hybridized carbons (Fsp3) is 0.294. The van der Waals surface area contributed by atoms with Gasteiger partial charge in [0.25, 0.3) is 5.91 Å². The van der Waals surface area contributed by atoms with Gasteiger partial charge in [-0.3, -0.25) is 14.5 Å². The summed E-state index contributed by atoms with van der Waals surface area (Å²) in [6.45, 7) is 4.06. The Hall–Kier alpha value is -2.58. The Morgan fingerprint density at radius 1 is 1.24 bits per heavy atom. The van der Waals surface area contributed by atoms with Gasteiger partial charge in [0.05, 0.1) is 19.3 Å². The van der Waals surface area contributed by atoms with Gasteiger partial charge >= 0.3 is 0 Å². The molecule has 0 fully saturated rings. The zero-order valence-corrected chi connectivity index (χ0v) is 14.8. The number of hydrogen-bond donors (Lipinski definition) is 1. The van der Waals surface area contributed by atoms with Crippen molar-refractivity contribution in [1.82, 2.24) is 24.9 Å². The maximum atomic E-state index is 12.9. The first-order chi connectivity index (χ1) is 12.2. The molecule has 0 aliphatic carbocycles. The van der Waals surface area contributed by atoms with Crippen molar-refractivity contribution in [3.63, 3.8) is 0 Å². The molecule has 0 aliphatic rings. The van der Waals surface area contributed by atoms with E-state index in [0.29, 0.717) is 31.9 Å². The zero-order chi connectivity index (χ0) is 17.6. The molecule has 25 heavy (non-hydrogen) atoms. The maximum absolute atomic E-state index is 12.9. The molecular formula is C17H20N6OS. The number of nitrogens with zero attached hydrogens (tertiary/aromatic N) is 5. The third-order valence-corrected chi connectivity index (χ3v) is 4.65. The van der Waals surface area contributed by atoms with Crippen LogP contribution >= 0.6 is 11.3 Å². The summed E-state index contributed by atoms with van der Waals surface area (Å²) < 4.78 is 1.59. The van der Waals surface area contributed by atoms with E-state index in [0.717, 1.165) is 10.4 Å². The van der Waals surface area contributed by atoms with E-state index in [1.807, 2.05) is 12.1 Å². The van der Waals surface area contributed by atoms with Gasteiger partial charge in [-0.25, -0.2) is 0 Å². The fourth-order valence-electron chi connectivity index (χ4n) is 2.47. The van der Waals surface area contributed by atoms with Gasteiger partial charge in [0.2, 0.25) is 0 Å². The van der Waals surface area contributed by atoms with E-state index in [1.165, 1.54) is 4.88 Å². The molecular weight excluding hydrogens is 336 g/mol. The number of aromatic nitrogens is 4. The molecule has 2 N–H and O–H groups in total. The van der Waals surface area contributed by atoms with Crippen LogP contribution in [0.4, 0.5) is 0 Å². The van der Waals surface area contributed by atoms with E-state index in [-0.39, 0.29) is 5.91 Å². The Labute approximate surface area is 150 Å². The molecule has 0 aromatic carbocycles. The van der Waals surface area contributed by atoms with Crippen LogP contribution in [-0.4, -0.2) is 37.3 Å². The molecule has 0 saturated heterocycles. The zero-order valence-electron chi connectivity index (χ0n) is 14.0. The lowest BCUT2D eigenvalue weighted by Crippen LogP contribution is -2.30. The number of carbonyl (C=O) groups excluding carboxylic acids is 1. The van der Waals surface area contributed by atoms with Crippen LogP contribution < -0.4 is 5.73 Å². The molecule has 0 unspecified atom stereocenters. The largest absolute Gasteiger partial charge is 0.329 e. The molecule has 0 aliphatic heterocycles. The highest BCUT2D eigenvalue weighted by atomic mass is 32.1. The third kappa shape index (κ3) is 4.49. The first-order valence-electron chi connectivity index (χ1n) is 7.99. The van der Waals surface area contributed by atoms with Gasteiger partial charge in [-0.05, 0) is 36.8 Å². The number of aryl methyl sites for hydroxylation is 1. The molecule has 0 radical (unpaired) electrons. The monoisotopic (exact) mass is 356 g/mol. The lowest BCUT2D eigenvalue weighted by Gasteiger charge is -2.21. The van der Waals surface area contributed by atoms with Gasteiger partial charge in [-0.2, -0.15) is 0 Å². The molecule has 3 heterocycles. The second-order valence-electron chi connectivity index (χ2n) is 5.68. The Morgan fingerprint density at radius 3 is 2.72 bits per heavy atom. The summed E-state index contributed by atoms with van der Waals surface area (Å²) >= 11 is 1.69. The standard InChI is InChI=1S/C17H20N6OS/c1-13-2-3-15(25-13)11-22(10-14-4-7-19-8-5-14)17(24)16-12-23(9-6-18)21-20-16/h2-5,7-8,12H,6,9-11,18H2,1H3. The average molecular weight is 356 g/mol. The Balaban J connectivity index is 1.82. The second kappa shape index (κ2) is 8.00. The SMILES string of the molecule is Cc1ccc(CN(Cc2ccncc2)C(=O)c2cn(CCN)nn2)s1. The summed E-state index contributed by atoms with van der Waals surface area (Å²) in [7, 11) is 0. The molecule has 3 aromatic heterocycles. The van der Waals surface area contributed by atoms with Crippen molar-refractivity contribution in [2.45, 2.75) is 26.6 Å². The smallest absolute Gasteiger partial charge is 0.276 e. The number of carbonyl (C=O) groups is 1. The first-order valence-corrected chi connectivity index (χ1v) is 8.81. The van der Waals surface area contributed by atoms with Crippen molar-refractivity contribution in [3.05, 3.63) is 63.9 Å². The number of pyridine rings is 1. The summed E-state index contributed by atoms with van der Waals surface area (Å²) in [6.07, 6.45) is 5.10. The van der Waals surface area contributed by atoms with Gasteiger partial charge in [0, 0.05) is 35.2 Å². The van der Waals surface area contributed by atoms with Crippen LogP contribution in [0, 0.1) is 6.92 Å². The molecule has 3 rings (SSSR count). The molecule has 8 heteroatoms. The van der Waals surface area contributed by atoms with Crippen molar-refractivity contribution in [1.29, 1.82) is 0 Å². The minimum absolute atomic E-state index is 0.147. The van der Waals surface area contributed by atoms with Gasteiger partial charge in [-0.15, -0.1) is 16.4 Å². The van der Waals surface area contributed by atoms with Crippen LogP contribution in [0.1, 0.15) is 25.8 Å². The molecule has 1 amide bonds. The van der Waals surface area contributed by atoms with Crippen molar-refractivity contribution < 1.29 is 4.79 Å². The predicted molar refractivity (Wildman–Crippen MR) is 95.9 cm³/mol. The van der Waals surface area contributed by atoms with Crippen LogP contribution in [0.25, 0.3) is 0 Å². The number of thiophene rings is 1. The molecule has 130 valence electrons. The second-order valence-corrected chi connectivity index (χ2v) is 7.06. The lowest BCUT2D eigenvalue weighted by molar-refractivity contribution is 0.0725. The van der Waals surface area contributed by atoms with E-state index >= 15 is 0 Å². The van der Waals surface area contributed by atoms with E-state index in [4.69, 9.17) is 5.73 Å². The van der Waals surface area contributed by atoms with Crippen LogP contribution in [0.2, 0.25) is 0 Å². The third-order valence-electron chi connectivity index (χ3n) is 3.67. The summed E-state index contributed by atoms with van der Waals surface area (Å²) in [4.78, 5) is 21.1. The normalized spacial score (nSPS) is 10.8. The summed E-state index contributed by atoms with van der Waals surface area (Å²) in [5, 5.41) is 7.96. The molecule has 0 spiro atoms. The van der Waals surface area contributed by atoms with Gasteiger partial charge in [0.15, 0.2) is 5.69 Å². The summed E-state index contributed by atoms with van der Waals surface area (Å²) in [5.74, 6) is -0.147. The summed E-state index contributed by atoms with van der Waals surface area (Å²) in [6, 6.07) is 7.93. The van der Waals surface area contributed by atoms with Gasteiger partial charge < -0.3 is 10.6 Å². The van der Waals surface area contributed by atoms with E-state index in [2.05, 4.69) is 34.4 Å². The van der Waals surface area contributed by atoms with Crippen LogP contribution in [0.3, 0.4) is 0 Å². The minimum atomic E-state index is -0.147. The van der Waals surface area contributed by atoms with E-state index in [1.54, 1.807) is 39.5 Å². The van der Waals surface area contributed by atoms with Crippen LogP contribution in [0.5, 0.6) is 0 Å². The summed E-state index contributed by atoms with van der Waals surface area (Å²) in [5.41, 5.74) is 6.87. The highest BCUT2D eigenvalue weighted by molar-refractivity contribution is 7.11. The Kier molecular flexibility index (Phi) is 5.52. The van der Waals surface area contributed by atoms with E-state index < -0.39 is 0 Å². The minimum Gasteiger partial charge on any atom is -0.329 e. The number of nitrogens with two attached hydrogens (primary N) is 1. The molecule has 0 bridgehead atoms.